The molecule has 0 unspecified atom stereocenters. The molecule has 0 saturated carbocycles. The van der Waals surface area contributed by atoms with Gasteiger partial charge in [-0.1, -0.05) is 45.7 Å². The van der Waals surface area contributed by atoms with E-state index in [1.165, 1.54) is 0 Å². The summed E-state index contributed by atoms with van der Waals surface area (Å²) in [6.45, 7) is 0.326. The van der Waals surface area contributed by atoms with Crippen LogP contribution >= 0.6 is 39.3 Å². The number of hydrogen-bond acceptors (Lipinski definition) is 4. The molecule has 24 heavy (non-hydrogen) atoms. The Kier molecular flexibility index (Phi) is 5.28. The molecule has 1 amide bonds. The van der Waals surface area contributed by atoms with E-state index in [0.29, 0.717) is 22.3 Å². The predicted molar refractivity (Wildman–Crippen MR) is 101 cm³/mol. The molecule has 3 rings (SSSR count). The Morgan fingerprint density at radius 2 is 2.08 bits per heavy atom. The van der Waals surface area contributed by atoms with Crippen LogP contribution in [0.2, 0.25) is 5.02 Å². The first kappa shape index (κ1) is 17.1. The first-order valence-electron chi connectivity index (χ1n) is 6.98. The third kappa shape index (κ3) is 4.01. The quantitative estimate of drug-likeness (QED) is 0.693. The van der Waals surface area contributed by atoms with Crippen molar-refractivity contribution in [3.63, 3.8) is 0 Å². The number of nitrogens with one attached hydrogen (secondary N) is 2. The molecule has 2 aromatic carbocycles. The van der Waals surface area contributed by atoms with Crippen LogP contribution in [0.5, 0.6) is 5.75 Å². The molecule has 1 fully saturated rings. The highest BCUT2D eigenvalue weighted by atomic mass is 79.9. The molecule has 1 aliphatic heterocycles. The molecule has 1 saturated heterocycles. The predicted octanol–water partition coefficient (Wildman–Crippen LogP) is 4.82. The van der Waals surface area contributed by atoms with Gasteiger partial charge in [0.25, 0.3) is 5.91 Å². The average Bonchev–Trinajstić information content (AvgIpc) is 2.85. The maximum Gasteiger partial charge on any atom is 0.264 e. The number of benzene rings is 2. The van der Waals surface area contributed by atoms with Crippen LogP contribution in [0.3, 0.4) is 0 Å². The zero-order valence-corrected chi connectivity index (χ0v) is 15.5. The fourth-order valence-corrected chi connectivity index (χ4v) is 3.38. The molecule has 0 bridgehead atoms. The number of ether oxygens (including phenoxy) is 1. The Morgan fingerprint density at radius 3 is 2.79 bits per heavy atom. The summed E-state index contributed by atoms with van der Waals surface area (Å²) < 4.78 is 6.76. The molecule has 2 N–H and O–H groups in total. The van der Waals surface area contributed by atoms with E-state index in [4.69, 9.17) is 21.7 Å². The normalized spacial score (nSPS) is 15.7. The Labute approximate surface area is 156 Å². The molecule has 0 aromatic heterocycles. The Hall–Kier alpha value is -1.76. The van der Waals surface area contributed by atoms with Crippen molar-refractivity contribution in [1.82, 2.24) is 5.32 Å². The molecule has 0 atom stereocenters. The number of rotatable bonds is 4. The minimum absolute atomic E-state index is 0.125. The SMILES string of the molecule is N=C1NC(=O)C(=Cc2cc(Br)ccc2OCc2ccccc2Cl)S1. The van der Waals surface area contributed by atoms with E-state index in [1.807, 2.05) is 42.5 Å². The molecule has 7 heteroatoms. The molecule has 4 nitrogen and oxygen atoms in total. The second kappa shape index (κ2) is 7.42. The minimum atomic E-state index is -0.276. The average molecular weight is 424 g/mol. The van der Waals surface area contributed by atoms with Gasteiger partial charge in [-0.25, -0.2) is 0 Å². The van der Waals surface area contributed by atoms with Gasteiger partial charge >= 0.3 is 0 Å². The van der Waals surface area contributed by atoms with Crippen LogP contribution in [0.25, 0.3) is 6.08 Å². The zero-order chi connectivity index (χ0) is 17.1. The monoisotopic (exact) mass is 422 g/mol. The van der Waals surface area contributed by atoms with Gasteiger partial charge in [0.1, 0.15) is 12.4 Å². The number of halogens is 2. The first-order chi connectivity index (χ1) is 11.5. The number of amides is 1. The van der Waals surface area contributed by atoms with Crippen LogP contribution in [-0.4, -0.2) is 11.1 Å². The van der Waals surface area contributed by atoms with Gasteiger partial charge in [0.15, 0.2) is 5.17 Å². The minimum Gasteiger partial charge on any atom is -0.488 e. The molecular formula is C17H12BrClN2O2S. The third-order valence-electron chi connectivity index (χ3n) is 3.26. The topological polar surface area (TPSA) is 62.2 Å². The van der Waals surface area contributed by atoms with Crippen LogP contribution in [0.15, 0.2) is 51.8 Å². The maximum atomic E-state index is 11.8. The van der Waals surface area contributed by atoms with Crippen molar-refractivity contribution in [2.24, 2.45) is 0 Å². The van der Waals surface area contributed by atoms with Crippen molar-refractivity contribution in [3.8, 4) is 5.75 Å². The zero-order valence-electron chi connectivity index (χ0n) is 12.3. The lowest BCUT2D eigenvalue weighted by molar-refractivity contribution is -0.115. The number of amidine groups is 1. The highest BCUT2D eigenvalue weighted by Gasteiger charge is 2.22. The lowest BCUT2D eigenvalue weighted by Crippen LogP contribution is -2.18. The number of hydrogen-bond donors (Lipinski definition) is 2. The van der Waals surface area contributed by atoms with Crippen molar-refractivity contribution in [2.45, 2.75) is 6.61 Å². The first-order valence-corrected chi connectivity index (χ1v) is 8.97. The van der Waals surface area contributed by atoms with Gasteiger partial charge in [-0.05, 0) is 42.1 Å². The standard InChI is InChI=1S/C17H12BrClN2O2S/c18-12-5-6-14(23-9-10-3-1-2-4-13(10)19)11(7-12)8-15-16(22)21-17(20)24-15/h1-8H,9H2,(H2,20,21,22). The van der Waals surface area contributed by atoms with Gasteiger partial charge in [0.05, 0.1) is 4.91 Å². The number of thioether (sulfide) groups is 1. The summed E-state index contributed by atoms with van der Waals surface area (Å²) in [5.74, 6) is 0.361. The summed E-state index contributed by atoms with van der Waals surface area (Å²) in [7, 11) is 0. The van der Waals surface area contributed by atoms with Crippen molar-refractivity contribution in [2.75, 3.05) is 0 Å². The molecule has 1 aliphatic rings. The van der Waals surface area contributed by atoms with E-state index in [2.05, 4.69) is 21.2 Å². The Bertz CT molecular complexity index is 854. The molecule has 122 valence electrons. The van der Waals surface area contributed by atoms with Gasteiger partial charge in [0.2, 0.25) is 0 Å². The summed E-state index contributed by atoms with van der Waals surface area (Å²) in [6.07, 6.45) is 1.72. The van der Waals surface area contributed by atoms with E-state index in [0.717, 1.165) is 27.4 Å². The van der Waals surface area contributed by atoms with Crippen molar-refractivity contribution in [3.05, 3.63) is 68.0 Å². The van der Waals surface area contributed by atoms with Gasteiger partial charge in [-0.3, -0.25) is 10.2 Å². The van der Waals surface area contributed by atoms with Gasteiger partial charge in [0, 0.05) is 20.6 Å². The lowest BCUT2D eigenvalue weighted by Gasteiger charge is -2.11. The van der Waals surface area contributed by atoms with Crippen LogP contribution in [0.1, 0.15) is 11.1 Å². The van der Waals surface area contributed by atoms with Crippen molar-refractivity contribution in [1.29, 1.82) is 5.41 Å². The summed E-state index contributed by atoms with van der Waals surface area (Å²) in [5.41, 5.74) is 1.64. The highest BCUT2D eigenvalue weighted by Crippen LogP contribution is 2.31. The van der Waals surface area contributed by atoms with Crippen LogP contribution in [0, 0.1) is 5.41 Å². The molecule has 0 spiro atoms. The summed E-state index contributed by atoms with van der Waals surface area (Å²) in [6, 6.07) is 13.1. The van der Waals surface area contributed by atoms with Crippen LogP contribution in [0.4, 0.5) is 0 Å². The lowest BCUT2D eigenvalue weighted by atomic mass is 10.2. The fourth-order valence-electron chi connectivity index (χ4n) is 2.12. The van der Waals surface area contributed by atoms with E-state index in [1.54, 1.807) is 6.08 Å². The van der Waals surface area contributed by atoms with E-state index < -0.39 is 0 Å². The van der Waals surface area contributed by atoms with Crippen molar-refractivity contribution < 1.29 is 9.53 Å². The fraction of sp³-hybridized carbons (Fsp3) is 0.0588. The Morgan fingerprint density at radius 1 is 1.29 bits per heavy atom. The molecular weight excluding hydrogens is 412 g/mol. The summed E-state index contributed by atoms with van der Waals surface area (Å²) in [4.78, 5) is 12.3. The van der Waals surface area contributed by atoms with E-state index >= 15 is 0 Å². The van der Waals surface area contributed by atoms with Gasteiger partial charge in [-0.2, -0.15) is 0 Å². The largest absolute Gasteiger partial charge is 0.488 e. The summed E-state index contributed by atoms with van der Waals surface area (Å²) in [5, 5.41) is 10.8. The van der Waals surface area contributed by atoms with Crippen molar-refractivity contribution >= 4 is 56.4 Å². The van der Waals surface area contributed by atoms with E-state index in [-0.39, 0.29) is 11.1 Å². The number of carbonyl (C=O) groups is 1. The van der Waals surface area contributed by atoms with Crippen LogP contribution < -0.4 is 10.1 Å². The Balaban J connectivity index is 1.86. The third-order valence-corrected chi connectivity index (χ3v) is 4.95. The van der Waals surface area contributed by atoms with Gasteiger partial charge in [-0.15, -0.1) is 0 Å². The molecule has 2 aromatic rings. The molecule has 0 radical (unpaired) electrons. The molecule has 0 aliphatic carbocycles. The van der Waals surface area contributed by atoms with Crippen LogP contribution in [-0.2, 0) is 11.4 Å². The maximum absolute atomic E-state index is 11.8. The van der Waals surface area contributed by atoms with Gasteiger partial charge < -0.3 is 10.1 Å². The van der Waals surface area contributed by atoms with E-state index in [9.17, 15) is 4.79 Å². The summed E-state index contributed by atoms with van der Waals surface area (Å²) >= 11 is 10.7. The molecule has 1 heterocycles. The number of carbonyl (C=O) groups excluding carboxylic acids is 1. The second-order valence-corrected chi connectivity index (χ2v) is 7.33. The highest BCUT2D eigenvalue weighted by molar-refractivity contribution is 9.10. The smallest absolute Gasteiger partial charge is 0.264 e. The second-order valence-electron chi connectivity index (χ2n) is 4.96.